The van der Waals surface area contributed by atoms with E-state index in [1.54, 1.807) is 69.9 Å². The molecule has 0 amide bonds. The first-order valence-corrected chi connectivity index (χ1v) is 19.1. The summed E-state index contributed by atoms with van der Waals surface area (Å²) in [6, 6.07) is 27.2. The van der Waals surface area contributed by atoms with Crippen LogP contribution in [0.15, 0.2) is 176 Å². The summed E-state index contributed by atoms with van der Waals surface area (Å²) in [4.78, 5) is 9.63. The third-order valence-electron chi connectivity index (χ3n) is 9.88. The number of hydrogen-bond acceptors (Lipinski definition) is 3. The fraction of sp³-hybridized carbons (Fsp3) is 0.113. The molecule has 0 spiro atoms. The zero-order valence-electron chi connectivity index (χ0n) is 44.6. The van der Waals surface area contributed by atoms with Gasteiger partial charge in [-0.15, -0.1) is 0 Å². The van der Waals surface area contributed by atoms with Gasteiger partial charge in [0.25, 0.3) is 6.33 Å². The minimum Gasteiger partial charge on any atom is -0.458 e. The Morgan fingerprint density at radius 2 is 1.36 bits per heavy atom. The van der Waals surface area contributed by atoms with Crippen molar-refractivity contribution in [3.05, 3.63) is 193 Å². The topological polar surface area (TPSA) is 48.8 Å². The average Bonchev–Trinajstić information content (AvgIpc) is 3.89. The molecule has 0 N–H and O–H groups in total. The van der Waals surface area contributed by atoms with Gasteiger partial charge in [0.05, 0.1) is 41.5 Å². The molecule has 0 saturated heterocycles. The summed E-state index contributed by atoms with van der Waals surface area (Å²) in [6.45, 7) is 7.43. The van der Waals surface area contributed by atoms with Gasteiger partial charge in [0.2, 0.25) is 0 Å². The highest BCUT2D eigenvalue weighted by atomic mass is 16.5. The molecule has 0 aliphatic rings. The lowest BCUT2D eigenvalue weighted by Gasteiger charge is -2.18. The number of aromatic nitrogens is 5. The summed E-state index contributed by atoms with van der Waals surface area (Å²) in [5.74, 6) is 1.83. The summed E-state index contributed by atoms with van der Waals surface area (Å²) < 4.78 is 117. The normalized spacial score (nSPS) is 14.9. The number of fused-ring (bicyclic) bond motifs is 4. The number of rotatable bonds is 8. The highest BCUT2D eigenvalue weighted by Crippen LogP contribution is 2.37. The van der Waals surface area contributed by atoms with Crippen molar-refractivity contribution in [1.29, 1.82) is 0 Å². The van der Waals surface area contributed by atoms with Gasteiger partial charge in [-0.3, -0.25) is 18.7 Å². The predicted octanol–water partition coefficient (Wildman–Crippen LogP) is 12.6. The minimum absolute atomic E-state index is 0.124. The molecular formula is C53H43N5O. The third-order valence-corrected chi connectivity index (χ3v) is 9.88. The second kappa shape index (κ2) is 14.6. The standard InChI is InChI=1S/C53H43N5O/c1-36-30-41(59-40-26-27-45-44-20-11-12-23-46(44)58(49(45)32-40)50-31-37(28-29-54-50)34-53(2,3)4)33-51(55-36)56-35-57(48-25-14-13-24-47(48)56)52-42(38-16-7-5-8-17-38)21-15-22-43(52)39-18-9-6-10-19-39/h5-33H,34H2,1-4H3/i5D,6D,7D,8D,9D,10D,16D,17D,18D,19D,34D2. The van der Waals surface area contributed by atoms with Gasteiger partial charge < -0.3 is 4.74 Å². The number of pyridine rings is 2. The van der Waals surface area contributed by atoms with Gasteiger partial charge in [-0.25, -0.2) is 4.98 Å². The largest absolute Gasteiger partial charge is 0.458 e. The molecule has 6 aromatic carbocycles. The van der Waals surface area contributed by atoms with Crippen LogP contribution in [-0.4, -0.2) is 19.1 Å². The van der Waals surface area contributed by atoms with Gasteiger partial charge in [0.15, 0.2) is 5.82 Å². The van der Waals surface area contributed by atoms with Crippen molar-refractivity contribution in [3.63, 3.8) is 0 Å². The predicted molar refractivity (Wildman–Crippen MR) is 239 cm³/mol. The van der Waals surface area contributed by atoms with Crippen LogP contribution >= 0.6 is 0 Å². The number of imidazole rings is 1. The SMILES string of the molecule is [2H]c1c([2H])c([2H])c(-c2cccc(-c3c([2H])c([2H])c([2H])c([2H])c3[2H])c2-[n+]2[c-]n(-c3cc(Oc4ccc5c6ccccc6n(-c6cc(C([2H])([2H])C(C)(C)C)ccn6)c5c4)cc(C)n3)c3ccccc32)c([2H])c1[2H]. The lowest BCUT2D eigenvalue weighted by atomic mass is 9.88. The molecule has 0 saturated carbocycles. The van der Waals surface area contributed by atoms with E-state index in [0.29, 0.717) is 45.4 Å². The number of benzene rings is 6. The van der Waals surface area contributed by atoms with Gasteiger partial charge in [0, 0.05) is 43.6 Å². The molecule has 6 nitrogen and oxygen atoms in total. The van der Waals surface area contributed by atoms with Gasteiger partial charge in [-0.2, -0.15) is 0 Å². The monoisotopic (exact) mass is 777 g/mol. The van der Waals surface area contributed by atoms with Crippen molar-refractivity contribution < 1.29 is 25.8 Å². The molecule has 0 unspecified atom stereocenters. The maximum absolute atomic E-state index is 9.01. The Kier molecular flexibility index (Phi) is 6.21. The summed E-state index contributed by atoms with van der Waals surface area (Å²) in [5, 5.41) is 1.92. The van der Waals surface area contributed by atoms with Crippen molar-refractivity contribution in [2.24, 2.45) is 5.41 Å². The lowest BCUT2D eigenvalue weighted by Crippen LogP contribution is -2.31. The van der Waals surface area contributed by atoms with Crippen LogP contribution in [0.1, 0.15) is 48.5 Å². The Morgan fingerprint density at radius 1 is 0.678 bits per heavy atom. The van der Waals surface area contributed by atoms with Crippen LogP contribution in [0.3, 0.4) is 0 Å². The van der Waals surface area contributed by atoms with E-state index >= 15 is 0 Å². The zero-order valence-corrected chi connectivity index (χ0v) is 32.6. The second-order valence-electron chi connectivity index (χ2n) is 15.2. The number of hydrogen-bond donors (Lipinski definition) is 0. The smallest absolute Gasteiger partial charge is 0.271 e. The van der Waals surface area contributed by atoms with E-state index in [1.807, 2.05) is 86.9 Å². The fourth-order valence-corrected chi connectivity index (χ4v) is 7.59. The molecule has 0 atom stereocenters. The maximum Gasteiger partial charge on any atom is 0.271 e. The van der Waals surface area contributed by atoms with Crippen LogP contribution in [0, 0.1) is 18.7 Å². The summed E-state index contributed by atoms with van der Waals surface area (Å²) in [6.07, 6.45) is 3.36. The van der Waals surface area contributed by atoms with Crippen molar-refractivity contribution in [1.82, 2.24) is 19.1 Å². The van der Waals surface area contributed by atoms with Crippen molar-refractivity contribution in [2.75, 3.05) is 0 Å². The average molecular weight is 778 g/mol. The fourth-order valence-electron chi connectivity index (χ4n) is 7.59. The number of para-hydroxylation sites is 4. The molecule has 59 heavy (non-hydrogen) atoms. The minimum atomic E-state index is -1.66. The third kappa shape index (κ3) is 6.83. The van der Waals surface area contributed by atoms with E-state index in [0.717, 1.165) is 21.8 Å². The molecule has 0 aliphatic heterocycles. The molecule has 286 valence electrons. The molecule has 10 rings (SSSR count). The Bertz CT molecular complexity index is 3710. The van der Waals surface area contributed by atoms with E-state index in [2.05, 4.69) is 6.33 Å². The van der Waals surface area contributed by atoms with Crippen LogP contribution < -0.4 is 9.30 Å². The first kappa shape index (κ1) is 25.1. The van der Waals surface area contributed by atoms with Gasteiger partial charge >= 0.3 is 0 Å². The lowest BCUT2D eigenvalue weighted by molar-refractivity contribution is -0.571. The Morgan fingerprint density at radius 3 is 2.08 bits per heavy atom. The Labute approximate surface area is 361 Å². The van der Waals surface area contributed by atoms with Crippen LogP contribution in [0.4, 0.5) is 0 Å². The molecular weight excluding hydrogens is 723 g/mol. The zero-order chi connectivity index (χ0) is 50.6. The number of nitrogens with zero attached hydrogens (tertiary/aromatic N) is 5. The van der Waals surface area contributed by atoms with Crippen molar-refractivity contribution in [3.8, 4) is 51.1 Å². The second-order valence-corrected chi connectivity index (χ2v) is 15.2. The van der Waals surface area contributed by atoms with Crippen LogP contribution in [0.2, 0.25) is 0 Å². The Balaban J connectivity index is 1.15. The number of ether oxygens (including phenoxy) is 1. The molecule has 0 fully saturated rings. The van der Waals surface area contributed by atoms with Gasteiger partial charge in [0.1, 0.15) is 17.3 Å². The summed E-state index contributed by atoms with van der Waals surface area (Å²) in [7, 11) is 0. The summed E-state index contributed by atoms with van der Waals surface area (Å²) in [5.41, 5.74) is 3.21. The molecule has 0 bridgehead atoms. The number of aryl methyl sites for hydroxylation is 1. The Hall–Kier alpha value is -7.31. The van der Waals surface area contributed by atoms with Crippen molar-refractivity contribution in [2.45, 2.75) is 34.1 Å². The van der Waals surface area contributed by atoms with Crippen LogP contribution in [0.25, 0.3) is 72.4 Å². The van der Waals surface area contributed by atoms with Gasteiger partial charge in [-0.1, -0.05) is 142 Å². The van der Waals surface area contributed by atoms with Crippen LogP contribution in [-0.2, 0) is 6.37 Å². The van der Waals surface area contributed by atoms with E-state index in [-0.39, 0.29) is 27.9 Å². The molecule has 0 radical (unpaired) electrons. The molecule has 0 aliphatic carbocycles. The first-order chi connectivity index (χ1) is 33.7. The molecule has 6 heteroatoms. The van der Waals surface area contributed by atoms with E-state index in [1.165, 1.54) is 0 Å². The maximum atomic E-state index is 9.01. The van der Waals surface area contributed by atoms with E-state index in [9.17, 15) is 0 Å². The first-order valence-electron chi connectivity index (χ1n) is 25.1. The van der Waals surface area contributed by atoms with Crippen molar-refractivity contribution >= 4 is 32.8 Å². The van der Waals surface area contributed by atoms with E-state index < -0.39 is 72.2 Å². The quantitative estimate of drug-likeness (QED) is 0.114. The van der Waals surface area contributed by atoms with E-state index in [4.69, 9.17) is 31.2 Å². The van der Waals surface area contributed by atoms with Crippen LogP contribution in [0.5, 0.6) is 11.5 Å². The highest BCUT2D eigenvalue weighted by molar-refractivity contribution is 6.09. The summed E-state index contributed by atoms with van der Waals surface area (Å²) >= 11 is 0. The molecule has 4 aromatic heterocycles. The van der Waals surface area contributed by atoms with Gasteiger partial charge in [-0.05, 0) is 76.9 Å². The molecule has 4 heterocycles. The highest BCUT2D eigenvalue weighted by Gasteiger charge is 2.21. The molecule has 10 aromatic rings.